The molecule has 0 amide bonds. The Kier molecular flexibility index (Phi) is 4.99. The summed E-state index contributed by atoms with van der Waals surface area (Å²) >= 11 is 6.35. The van der Waals surface area contributed by atoms with Gasteiger partial charge in [-0.05, 0) is 45.8 Å². The number of anilines is 1. The van der Waals surface area contributed by atoms with Crippen LogP contribution in [0.15, 0.2) is 39.3 Å². The number of nitrogens with one attached hydrogen (secondary N) is 1. The van der Waals surface area contributed by atoms with E-state index in [9.17, 15) is 8.78 Å². The van der Waals surface area contributed by atoms with Gasteiger partial charge in [-0.15, -0.1) is 0 Å². The van der Waals surface area contributed by atoms with E-state index in [1.165, 1.54) is 0 Å². The molecule has 0 radical (unpaired) electrons. The van der Waals surface area contributed by atoms with Crippen LogP contribution in [0.25, 0.3) is 0 Å². The van der Waals surface area contributed by atoms with Gasteiger partial charge in [-0.25, -0.2) is 8.78 Å². The van der Waals surface area contributed by atoms with Crippen LogP contribution in [-0.2, 0) is 6.54 Å². The molecule has 0 aliphatic heterocycles. The van der Waals surface area contributed by atoms with E-state index in [0.717, 1.165) is 22.2 Å². The highest BCUT2D eigenvalue weighted by molar-refractivity contribution is 9.10. The molecule has 0 aliphatic rings. The van der Waals surface area contributed by atoms with Crippen molar-refractivity contribution in [1.82, 2.24) is 0 Å². The molecular weight excluding hydrogens is 396 g/mol. The number of ether oxygens (including phenoxy) is 1. The fourth-order valence-electron chi connectivity index (χ4n) is 1.66. The van der Waals surface area contributed by atoms with Crippen molar-refractivity contribution in [3.63, 3.8) is 0 Å². The molecule has 2 aromatic carbocycles. The zero-order chi connectivity index (χ0) is 14.7. The molecule has 0 aromatic heterocycles. The lowest BCUT2D eigenvalue weighted by molar-refractivity contribution is 0.414. The first-order valence-corrected chi connectivity index (χ1v) is 7.30. The normalized spacial score (nSPS) is 10.4. The smallest absolute Gasteiger partial charge is 0.147 e. The summed E-state index contributed by atoms with van der Waals surface area (Å²) in [7, 11) is 1.57. The Hall–Kier alpha value is -1.14. The molecule has 0 bridgehead atoms. The van der Waals surface area contributed by atoms with Gasteiger partial charge < -0.3 is 10.1 Å². The molecule has 0 saturated carbocycles. The summed E-state index contributed by atoms with van der Waals surface area (Å²) in [5.74, 6) is -0.330. The van der Waals surface area contributed by atoms with Gasteiger partial charge in [0, 0.05) is 17.1 Å². The van der Waals surface area contributed by atoms with Crippen molar-refractivity contribution >= 4 is 37.5 Å². The maximum Gasteiger partial charge on any atom is 0.147 e. The van der Waals surface area contributed by atoms with E-state index >= 15 is 0 Å². The molecule has 0 aliphatic carbocycles. The van der Waals surface area contributed by atoms with Crippen LogP contribution < -0.4 is 10.1 Å². The van der Waals surface area contributed by atoms with Crippen molar-refractivity contribution < 1.29 is 13.5 Å². The van der Waals surface area contributed by atoms with Gasteiger partial charge in [0.15, 0.2) is 0 Å². The van der Waals surface area contributed by atoms with Gasteiger partial charge in [0.2, 0.25) is 0 Å². The third-order valence-corrected chi connectivity index (χ3v) is 4.11. The second-order valence-electron chi connectivity index (χ2n) is 4.06. The number of benzene rings is 2. The molecule has 2 rings (SSSR count). The maximum absolute atomic E-state index is 13.7. The highest BCUT2D eigenvalue weighted by Gasteiger charge is 2.09. The van der Waals surface area contributed by atoms with Gasteiger partial charge in [-0.2, -0.15) is 0 Å². The summed E-state index contributed by atoms with van der Waals surface area (Å²) in [5, 5.41) is 2.87. The molecule has 0 heterocycles. The lowest BCUT2D eigenvalue weighted by Crippen LogP contribution is -2.03. The topological polar surface area (TPSA) is 21.3 Å². The molecule has 6 heteroatoms. The molecule has 0 spiro atoms. The van der Waals surface area contributed by atoms with Gasteiger partial charge in [-0.3, -0.25) is 0 Å². The van der Waals surface area contributed by atoms with Gasteiger partial charge in [0.05, 0.1) is 17.3 Å². The monoisotopic (exact) mass is 405 g/mol. The molecule has 0 unspecified atom stereocenters. The van der Waals surface area contributed by atoms with Gasteiger partial charge in [0.1, 0.15) is 17.4 Å². The van der Waals surface area contributed by atoms with Crippen molar-refractivity contribution in [3.05, 3.63) is 56.5 Å². The SMILES string of the molecule is COc1ccc(Br)c(CNc2cc(F)c(Br)cc2F)c1. The van der Waals surface area contributed by atoms with Crippen molar-refractivity contribution in [2.75, 3.05) is 12.4 Å². The number of hydrogen-bond acceptors (Lipinski definition) is 2. The average Bonchev–Trinajstić information content (AvgIpc) is 2.43. The zero-order valence-corrected chi connectivity index (χ0v) is 13.7. The molecule has 2 aromatic rings. The van der Waals surface area contributed by atoms with E-state index in [-0.39, 0.29) is 10.2 Å². The van der Waals surface area contributed by atoms with Crippen molar-refractivity contribution in [1.29, 1.82) is 0 Å². The van der Waals surface area contributed by atoms with E-state index in [1.54, 1.807) is 7.11 Å². The summed E-state index contributed by atoms with van der Waals surface area (Å²) in [4.78, 5) is 0. The van der Waals surface area contributed by atoms with Crippen molar-refractivity contribution in [2.45, 2.75) is 6.54 Å². The van der Waals surface area contributed by atoms with E-state index < -0.39 is 11.6 Å². The fraction of sp³-hybridized carbons (Fsp3) is 0.143. The third-order valence-electron chi connectivity index (χ3n) is 2.73. The van der Waals surface area contributed by atoms with Crippen LogP contribution in [0.2, 0.25) is 0 Å². The Morgan fingerprint density at radius 1 is 1.05 bits per heavy atom. The van der Waals surface area contributed by atoms with Crippen LogP contribution in [0, 0.1) is 11.6 Å². The van der Waals surface area contributed by atoms with Crippen LogP contribution in [0.3, 0.4) is 0 Å². The predicted octanol–water partition coefficient (Wildman–Crippen LogP) is 5.11. The van der Waals surface area contributed by atoms with Crippen LogP contribution in [0.4, 0.5) is 14.5 Å². The van der Waals surface area contributed by atoms with E-state index in [4.69, 9.17) is 4.74 Å². The molecule has 1 N–H and O–H groups in total. The number of methoxy groups -OCH3 is 1. The first-order chi connectivity index (χ1) is 9.51. The number of hydrogen-bond donors (Lipinski definition) is 1. The largest absolute Gasteiger partial charge is 0.497 e. The second kappa shape index (κ2) is 6.54. The minimum atomic E-state index is -0.516. The highest BCUT2D eigenvalue weighted by atomic mass is 79.9. The van der Waals surface area contributed by atoms with E-state index in [2.05, 4.69) is 37.2 Å². The second-order valence-corrected chi connectivity index (χ2v) is 5.77. The maximum atomic E-state index is 13.7. The van der Waals surface area contributed by atoms with Crippen molar-refractivity contribution in [3.8, 4) is 5.75 Å². The van der Waals surface area contributed by atoms with Crippen molar-refractivity contribution in [2.24, 2.45) is 0 Å². The lowest BCUT2D eigenvalue weighted by Gasteiger charge is -2.11. The fourth-order valence-corrected chi connectivity index (χ4v) is 2.36. The van der Waals surface area contributed by atoms with Gasteiger partial charge in [-0.1, -0.05) is 15.9 Å². The quantitative estimate of drug-likeness (QED) is 0.712. The van der Waals surface area contributed by atoms with Crippen LogP contribution in [0.5, 0.6) is 5.75 Å². The van der Waals surface area contributed by atoms with Gasteiger partial charge >= 0.3 is 0 Å². The standard InChI is InChI=1S/C14H11Br2F2NO/c1-20-9-2-3-10(15)8(4-9)7-19-14-6-12(17)11(16)5-13(14)18/h2-6,19H,7H2,1H3. The highest BCUT2D eigenvalue weighted by Crippen LogP contribution is 2.26. The summed E-state index contributed by atoms with van der Waals surface area (Å²) in [6, 6.07) is 7.69. The average molecular weight is 407 g/mol. The minimum absolute atomic E-state index is 0.100. The molecule has 0 saturated heterocycles. The summed E-state index contributed by atoms with van der Waals surface area (Å²) < 4.78 is 33.2. The van der Waals surface area contributed by atoms with Crippen LogP contribution in [-0.4, -0.2) is 7.11 Å². The molecule has 20 heavy (non-hydrogen) atoms. The first kappa shape index (κ1) is 15.3. The molecule has 2 nitrogen and oxygen atoms in total. The first-order valence-electron chi connectivity index (χ1n) is 5.72. The summed E-state index contributed by atoms with van der Waals surface area (Å²) in [6.45, 7) is 0.343. The Labute approximate surface area is 132 Å². The van der Waals surface area contributed by atoms with Gasteiger partial charge in [0.25, 0.3) is 0 Å². The van der Waals surface area contributed by atoms with Crippen LogP contribution in [0.1, 0.15) is 5.56 Å². The van der Waals surface area contributed by atoms with E-state index in [0.29, 0.717) is 12.3 Å². The minimum Gasteiger partial charge on any atom is -0.497 e. The number of rotatable bonds is 4. The third kappa shape index (κ3) is 3.49. The lowest BCUT2D eigenvalue weighted by atomic mass is 10.2. The zero-order valence-electron chi connectivity index (χ0n) is 10.5. The Morgan fingerprint density at radius 2 is 1.80 bits per heavy atom. The number of halogens is 4. The summed E-state index contributed by atoms with van der Waals surface area (Å²) in [6.07, 6.45) is 0. The molecular formula is C14H11Br2F2NO. The Bertz CT molecular complexity index is 635. The molecule has 0 atom stereocenters. The molecule has 106 valence electrons. The Balaban J connectivity index is 2.18. The summed E-state index contributed by atoms with van der Waals surface area (Å²) in [5.41, 5.74) is 0.993. The Morgan fingerprint density at radius 3 is 2.50 bits per heavy atom. The predicted molar refractivity (Wildman–Crippen MR) is 82.1 cm³/mol. The molecule has 0 fully saturated rings. The van der Waals surface area contributed by atoms with Crippen LogP contribution >= 0.6 is 31.9 Å². The van der Waals surface area contributed by atoms with E-state index in [1.807, 2.05) is 18.2 Å².